The van der Waals surface area contributed by atoms with E-state index in [0.29, 0.717) is 36.0 Å². The fourth-order valence-corrected chi connectivity index (χ4v) is 5.75. The Hall–Kier alpha value is -1.42. The van der Waals surface area contributed by atoms with E-state index in [1.54, 1.807) is 18.2 Å². The molecule has 1 aromatic heterocycles. The van der Waals surface area contributed by atoms with E-state index in [-0.39, 0.29) is 10.8 Å². The van der Waals surface area contributed by atoms with Crippen LogP contribution in [0.1, 0.15) is 35.9 Å². The van der Waals surface area contributed by atoms with Crippen LogP contribution in [-0.2, 0) is 10.0 Å². The summed E-state index contributed by atoms with van der Waals surface area (Å²) in [4.78, 5) is 13.2. The number of nitrogens with zero attached hydrogens (tertiary/aromatic N) is 1. The van der Waals surface area contributed by atoms with Crippen LogP contribution in [0.15, 0.2) is 39.0 Å². The highest BCUT2D eigenvalue weighted by Gasteiger charge is 2.27. The third-order valence-electron chi connectivity index (χ3n) is 4.25. The molecule has 146 valence electrons. The standard InChI is InChI=1S/C18H21BrN2O4S2/c1-2-25-15-7-6-13(27(23,24)21-10-4-3-5-11-21)12-14(15)20-18(22)16-8-9-17(19)26-16/h6-9,12H,2-5,10-11H2,1H3,(H,20,22). The Kier molecular flexibility index (Phi) is 6.56. The van der Waals surface area contributed by atoms with Crippen molar-refractivity contribution in [2.45, 2.75) is 31.1 Å². The predicted molar refractivity (Wildman–Crippen MR) is 110 cm³/mol. The number of anilines is 1. The molecule has 1 fully saturated rings. The van der Waals surface area contributed by atoms with Gasteiger partial charge in [-0.3, -0.25) is 4.79 Å². The molecule has 1 aliphatic rings. The zero-order valence-corrected chi connectivity index (χ0v) is 18.1. The maximum atomic E-state index is 12.9. The summed E-state index contributed by atoms with van der Waals surface area (Å²) in [7, 11) is -3.59. The van der Waals surface area contributed by atoms with E-state index in [4.69, 9.17) is 4.74 Å². The lowest BCUT2D eigenvalue weighted by Crippen LogP contribution is -2.35. The molecule has 27 heavy (non-hydrogen) atoms. The van der Waals surface area contributed by atoms with Gasteiger partial charge >= 0.3 is 0 Å². The molecule has 1 aromatic carbocycles. The Morgan fingerprint density at radius 2 is 1.96 bits per heavy atom. The maximum absolute atomic E-state index is 12.9. The number of carbonyl (C=O) groups excluding carboxylic acids is 1. The average molecular weight is 473 g/mol. The summed E-state index contributed by atoms with van der Waals surface area (Å²) in [6.45, 7) is 3.30. The Morgan fingerprint density at radius 3 is 2.59 bits per heavy atom. The highest BCUT2D eigenvalue weighted by Crippen LogP contribution is 2.31. The Bertz CT molecular complexity index is 921. The Morgan fingerprint density at radius 1 is 1.22 bits per heavy atom. The molecule has 1 saturated heterocycles. The molecular weight excluding hydrogens is 452 g/mol. The first-order valence-corrected chi connectivity index (χ1v) is 11.8. The molecule has 2 heterocycles. The van der Waals surface area contributed by atoms with Crippen LogP contribution in [0.5, 0.6) is 5.75 Å². The van der Waals surface area contributed by atoms with Gasteiger partial charge in [0.05, 0.1) is 25.9 Å². The van der Waals surface area contributed by atoms with Gasteiger partial charge in [0, 0.05) is 13.1 Å². The molecule has 9 heteroatoms. The van der Waals surface area contributed by atoms with Crippen LogP contribution < -0.4 is 10.1 Å². The molecule has 1 N–H and O–H groups in total. The van der Waals surface area contributed by atoms with Crippen molar-refractivity contribution in [2.75, 3.05) is 25.0 Å². The molecule has 0 aliphatic carbocycles. The molecule has 0 spiro atoms. The number of thiophene rings is 1. The SMILES string of the molecule is CCOc1ccc(S(=O)(=O)N2CCCCC2)cc1NC(=O)c1ccc(Br)s1. The van der Waals surface area contributed by atoms with E-state index < -0.39 is 10.0 Å². The first-order valence-electron chi connectivity index (χ1n) is 8.75. The number of hydrogen-bond donors (Lipinski definition) is 1. The van der Waals surface area contributed by atoms with E-state index >= 15 is 0 Å². The normalized spacial score (nSPS) is 15.5. The summed E-state index contributed by atoms with van der Waals surface area (Å²) in [6, 6.07) is 8.11. The van der Waals surface area contributed by atoms with Crippen LogP contribution in [0, 0.1) is 0 Å². The average Bonchev–Trinajstić information content (AvgIpc) is 3.10. The lowest BCUT2D eigenvalue weighted by molar-refractivity contribution is 0.103. The van der Waals surface area contributed by atoms with Crippen molar-refractivity contribution in [2.24, 2.45) is 0 Å². The van der Waals surface area contributed by atoms with Gasteiger partial charge in [0.15, 0.2) is 0 Å². The molecule has 1 aliphatic heterocycles. The van der Waals surface area contributed by atoms with Gasteiger partial charge in [-0.05, 0) is 66.0 Å². The van der Waals surface area contributed by atoms with Crippen molar-refractivity contribution < 1.29 is 17.9 Å². The summed E-state index contributed by atoms with van der Waals surface area (Å²) in [6.07, 6.45) is 2.78. The molecule has 0 saturated carbocycles. The fraction of sp³-hybridized carbons (Fsp3) is 0.389. The van der Waals surface area contributed by atoms with Gasteiger partial charge in [-0.1, -0.05) is 6.42 Å². The van der Waals surface area contributed by atoms with Crippen LogP contribution in [0.4, 0.5) is 5.69 Å². The quantitative estimate of drug-likeness (QED) is 0.678. The van der Waals surface area contributed by atoms with Gasteiger partial charge in [0.1, 0.15) is 5.75 Å². The second-order valence-corrected chi connectivity index (χ2v) is 10.5. The number of carbonyl (C=O) groups is 1. The third kappa shape index (κ3) is 4.71. The third-order valence-corrected chi connectivity index (χ3v) is 7.77. The minimum absolute atomic E-state index is 0.163. The largest absolute Gasteiger partial charge is 0.492 e. The van der Waals surface area contributed by atoms with Crippen LogP contribution in [0.2, 0.25) is 0 Å². The number of benzene rings is 1. The number of amides is 1. The van der Waals surface area contributed by atoms with Gasteiger partial charge in [-0.25, -0.2) is 8.42 Å². The number of piperidine rings is 1. The van der Waals surface area contributed by atoms with Crippen LogP contribution in [0.25, 0.3) is 0 Å². The van der Waals surface area contributed by atoms with Gasteiger partial charge in [0.25, 0.3) is 5.91 Å². The van der Waals surface area contributed by atoms with E-state index in [1.807, 2.05) is 6.92 Å². The summed E-state index contributed by atoms with van der Waals surface area (Å²) in [5, 5.41) is 2.78. The first-order chi connectivity index (χ1) is 12.9. The van der Waals surface area contributed by atoms with Crippen molar-refractivity contribution in [3.8, 4) is 5.75 Å². The first kappa shape index (κ1) is 20.3. The number of ether oxygens (including phenoxy) is 1. The maximum Gasteiger partial charge on any atom is 0.265 e. The van der Waals surface area contributed by atoms with Gasteiger partial charge in [-0.2, -0.15) is 4.31 Å². The van der Waals surface area contributed by atoms with Crippen molar-refractivity contribution in [1.82, 2.24) is 4.31 Å². The molecule has 6 nitrogen and oxygen atoms in total. The van der Waals surface area contributed by atoms with Gasteiger partial charge < -0.3 is 10.1 Å². The summed E-state index contributed by atoms with van der Waals surface area (Å²) < 4.78 is 33.8. The van der Waals surface area contributed by atoms with E-state index in [1.165, 1.54) is 27.8 Å². The molecule has 2 aromatic rings. The van der Waals surface area contributed by atoms with E-state index in [2.05, 4.69) is 21.2 Å². The fourth-order valence-electron chi connectivity index (χ4n) is 2.92. The molecule has 1 amide bonds. The van der Waals surface area contributed by atoms with Crippen LogP contribution in [0.3, 0.4) is 0 Å². The number of hydrogen-bond acceptors (Lipinski definition) is 5. The number of rotatable bonds is 6. The molecule has 3 rings (SSSR count). The minimum Gasteiger partial charge on any atom is -0.492 e. The van der Waals surface area contributed by atoms with Crippen molar-refractivity contribution in [3.63, 3.8) is 0 Å². The topological polar surface area (TPSA) is 75.7 Å². The molecule has 0 bridgehead atoms. The van der Waals surface area contributed by atoms with Crippen molar-refractivity contribution in [1.29, 1.82) is 0 Å². The number of nitrogens with one attached hydrogen (secondary N) is 1. The lowest BCUT2D eigenvalue weighted by Gasteiger charge is -2.26. The van der Waals surface area contributed by atoms with Crippen LogP contribution in [-0.4, -0.2) is 38.3 Å². The summed E-state index contributed by atoms with van der Waals surface area (Å²) in [5.74, 6) is 0.137. The van der Waals surface area contributed by atoms with E-state index in [0.717, 1.165) is 23.0 Å². The van der Waals surface area contributed by atoms with Gasteiger partial charge in [-0.15, -0.1) is 11.3 Å². The molecule has 0 unspecified atom stereocenters. The zero-order valence-electron chi connectivity index (χ0n) is 14.9. The van der Waals surface area contributed by atoms with E-state index in [9.17, 15) is 13.2 Å². The highest BCUT2D eigenvalue weighted by molar-refractivity contribution is 9.11. The second-order valence-electron chi connectivity index (χ2n) is 6.11. The molecule has 0 radical (unpaired) electrons. The number of halogens is 1. The Labute approximate surface area is 171 Å². The highest BCUT2D eigenvalue weighted by atomic mass is 79.9. The summed E-state index contributed by atoms with van der Waals surface area (Å²) in [5.41, 5.74) is 0.351. The van der Waals surface area contributed by atoms with Gasteiger partial charge in [0.2, 0.25) is 10.0 Å². The van der Waals surface area contributed by atoms with Crippen molar-refractivity contribution in [3.05, 3.63) is 39.0 Å². The smallest absolute Gasteiger partial charge is 0.265 e. The predicted octanol–water partition coefficient (Wildman–Crippen LogP) is 4.34. The molecular formula is C18H21BrN2O4S2. The Balaban J connectivity index is 1.91. The lowest BCUT2D eigenvalue weighted by atomic mass is 10.2. The molecule has 0 atom stereocenters. The minimum atomic E-state index is -3.59. The summed E-state index contributed by atoms with van der Waals surface area (Å²) >= 11 is 4.64. The van der Waals surface area contributed by atoms with Crippen molar-refractivity contribution >= 4 is 48.9 Å². The second kappa shape index (κ2) is 8.72. The van der Waals surface area contributed by atoms with Crippen LogP contribution >= 0.6 is 27.3 Å². The number of sulfonamides is 1. The monoisotopic (exact) mass is 472 g/mol. The zero-order chi connectivity index (χ0) is 19.4.